The van der Waals surface area contributed by atoms with E-state index in [-0.39, 0.29) is 11.5 Å². The second-order valence-electron chi connectivity index (χ2n) is 5.18. The quantitative estimate of drug-likeness (QED) is 0.910. The van der Waals surface area contributed by atoms with Crippen molar-refractivity contribution in [1.82, 2.24) is 4.37 Å². The lowest BCUT2D eigenvalue weighted by Gasteiger charge is -2.15. The molecule has 5 nitrogen and oxygen atoms in total. The zero-order chi connectivity index (χ0) is 15.0. The summed E-state index contributed by atoms with van der Waals surface area (Å²) < 4.78 is 4.01. The largest absolute Gasteiger partial charge is 0.478 e. The van der Waals surface area contributed by atoms with Gasteiger partial charge in [0.05, 0.1) is 11.1 Å². The van der Waals surface area contributed by atoms with Crippen molar-refractivity contribution >= 4 is 28.4 Å². The van der Waals surface area contributed by atoms with E-state index < -0.39 is 11.4 Å². The number of amides is 1. The molecule has 1 amide bonds. The fourth-order valence-electron chi connectivity index (χ4n) is 2.46. The molecular weight excluding hydrogens is 288 g/mol. The van der Waals surface area contributed by atoms with Gasteiger partial charge in [0.15, 0.2) is 0 Å². The van der Waals surface area contributed by atoms with Crippen LogP contribution in [0.25, 0.3) is 0 Å². The Morgan fingerprint density at radius 3 is 2.52 bits per heavy atom. The van der Waals surface area contributed by atoms with E-state index in [1.54, 1.807) is 6.92 Å². The van der Waals surface area contributed by atoms with Crippen LogP contribution in [0.1, 0.15) is 34.5 Å². The zero-order valence-corrected chi connectivity index (χ0v) is 12.2. The molecule has 0 bridgehead atoms. The number of hydrogen-bond acceptors (Lipinski definition) is 4. The third kappa shape index (κ3) is 2.31. The van der Waals surface area contributed by atoms with Gasteiger partial charge in [-0.1, -0.05) is 30.3 Å². The summed E-state index contributed by atoms with van der Waals surface area (Å²) in [6.07, 6.45) is 1.56. The molecule has 3 rings (SSSR count). The van der Waals surface area contributed by atoms with Crippen LogP contribution in [0.15, 0.2) is 30.3 Å². The normalized spacial score (nSPS) is 15.5. The van der Waals surface area contributed by atoms with Gasteiger partial charge in [0.25, 0.3) is 0 Å². The van der Waals surface area contributed by atoms with E-state index >= 15 is 0 Å². The SMILES string of the molecule is Cc1nsc(NC(=O)C2(c3ccccc3)CC2)c1C(=O)O. The summed E-state index contributed by atoms with van der Waals surface area (Å²) in [5, 5.41) is 12.3. The van der Waals surface area contributed by atoms with Crippen molar-refractivity contribution in [3.63, 3.8) is 0 Å². The smallest absolute Gasteiger partial charge is 0.340 e. The van der Waals surface area contributed by atoms with Crippen LogP contribution in [-0.4, -0.2) is 21.4 Å². The third-order valence-electron chi connectivity index (χ3n) is 3.81. The van der Waals surface area contributed by atoms with Crippen LogP contribution in [0.2, 0.25) is 0 Å². The lowest BCUT2D eigenvalue weighted by molar-refractivity contribution is -0.118. The molecule has 1 fully saturated rings. The molecule has 0 atom stereocenters. The number of aryl methyl sites for hydroxylation is 1. The second-order valence-corrected chi connectivity index (χ2v) is 5.95. The Morgan fingerprint density at radius 1 is 1.29 bits per heavy atom. The third-order valence-corrected chi connectivity index (χ3v) is 4.67. The second kappa shape index (κ2) is 4.96. The number of benzene rings is 1. The van der Waals surface area contributed by atoms with Crippen molar-refractivity contribution in [3.8, 4) is 0 Å². The highest BCUT2D eigenvalue weighted by Gasteiger charge is 2.51. The molecule has 0 spiro atoms. The van der Waals surface area contributed by atoms with Crippen LogP contribution in [0.3, 0.4) is 0 Å². The number of nitrogens with zero attached hydrogens (tertiary/aromatic N) is 1. The number of carbonyl (C=O) groups excluding carboxylic acids is 1. The first kappa shape index (κ1) is 13.8. The maximum Gasteiger partial charge on any atom is 0.340 e. The number of hydrogen-bond donors (Lipinski definition) is 2. The molecule has 0 aliphatic heterocycles. The number of aromatic carboxylic acids is 1. The summed E-state index contributed by atoms with van der Waals surface area (Å²) in [5.41, 5.74) is 0.958. The molecule has 1 aliphatic carbocycles. The average molecular weight is 302 g/mol. The fraction of sp³-hybridized carbons (Fsp3) is 0.267. The van der Waals surface area contributed by atoms with Gasteiger partial charge in [-0.25, -0.2) is 4.79 Å². The number of anilines is 1. The lowest BCUT2D eigenvalue weighted by atomic mass is 9.95. The Labute approximate surface area is 125 Å². The summed E-state index contributed by atoms with van der Waals surface area (Å²) in [5.74, 6) is -1.22. The molecule has 6 heteroatoms. The van der Waals surface area contributed by atoms with Gasteiger partial charge >= 0.3 is 5.97 Å². The molecule has 1 aliphatic rings. The molecule has 2 N–H and O–H groups in total. The van der Waals surface area contributed by atoms with E-state index in [0.717, 1.165) is 29.9 Å². The van der Waals surface area contributed by atoms with Gasteiger partial charge < -0.3 is 10.4 Å². The van der Waals surface area contributed by atoms with Gasteiger partial charge in [-0.2, -0.15) is 4.37 Å². The molecule has 0 radical (unpaired) electrons. The standard InChI is InChI=1S/C15H14N2O3S/c1-9-11(13(18)19)12(21-17-9)16-14(20)15(7-8-15)10-5-3-2-4-6-10/h2-6H,7-8H2,1H3,(H,16,20)(H,18,19). The van der Waals surface area contributed by atoms with Crippen LogP contribution < -0.4 is 5.32 Å². The maximum atomic E-state index is 12.6. The highest BCUT2D eigenvalue weighted by Crippen LogP contribution is 2.49. The molecule has 2 aromatic rings. The minimum atomic E-state index is -1.07. The van der Waals surface area contributed by atoms with Gasteiger partial charge in [0.2, 0.25) is 5.91 Å². The van der Waals surface area contributed by atoms with Gasteiger partial charge in [-0.05, 0) is 36.9 Å². The van der Waals surface area contributed by atoms with E-state index in [2.05, 4.69) is 9.69 Å². The Hall–Kier alpha value is -2.21. The van der Waals surface area contributed by atoms with Crippen molar-refractivity contribution in [3.05, 3.63) is 47.2 Å². The molecule has 0 saturated heterocycles. The highest BCUT2D eigenvalue weighted by molar-refractivity contribution is 7.11. The first-order chi connectivity index (χ1) is 10.0. The minimum Gasteiger partial charge on any atom is -0.478 e. The number of carboxylic acid groups (broad SMARTS) is 1. The van der Waals surface area contributed by atoms with E-state index in [0.29, 0.717) is 10.7 Å². The number of carbonyl (C=O) groups is 2. The van der Waals surface area contributed by atoms with Crippen molar-refractivity contribution in [2.45, 2.75) is 25.2 Å². The minimum absolute atomic E-state index is 0.0808. The maximum absolute atomic E-state index is 12.6. The van der Waals surface area contributed by atoms with Gasteiger partial charge in [-0.3, -0.25) is 4.79 Å². The Morgan fingerprint density at radius 2 is 1.95 bits per heavy atom. The first-order valence-electron chi connectivity index (χ1n) is 6.61. The van der Waals surface area contributed by atoms with Crippen LogP contribution >= 0.6 is 11.5 Å². The monoisotopic (exact) mass is 302 g/mol. The summed E-state index contributed by atoms with van der Waals surface area (Å²) in [6.45, 7) is 1.62. The van der Waals surface area contributed by atoms with E-state index in [1.165, 1.54) is 0 Å². The molecule has 108 valence electrons. The number of aromatic nitrogens is 1. The van der Waals surface area contributed by atoms with Gasteiger partial charge in [0.1, 0.15) is 10.6 Å². The van der Waals surface area contributed by atoms with E-state index in [4.69, 9.17) is 0 Å². The molecule has 1 heterocycles. The molecule has 1 saturated carbocycles. The summed E-state index contributed by atoms with van der Waals surface area (Å²) >= 11 is 1.01. The van der Waals surface area contributed by atoms with Crippen molar-refractivity contribution in [1.29, 1.82) is 0 Å². The van der Waals surface area contributed by atoms with Crippen LogP contribution in [0.5, 0.6) is 0 Å². The van der Waals surface area contributed by atoms with Gasteiger partial charge in [0, 0.05) is 0 Å². The average Bonchev–Trinajstić information content (AvgIpc) is 3.20. The van der Waals surface area contributed by atoms with E-state index in [1.807, 2.05) is 30.3 Å². The van der Waals surface area contributed by atoms with Crippen molar-refractivity contribution in [2.75, 3.05) is 5.32 Å². The van der Waals surface area contributed by atoms with Crippen molar-refractivity contribution in [2.24, 2.45) is 0 Å². The van der Waals surface area contributed by atoms with Gasteiger partial charge in [-0.15, -0.1) is 0 Å². The number of rotatable bonds is 4. The van der Waals surface area contributed by atoms with Crippen molar-refractivity contribution < 1.29 is 14.7 Å². The van der Waals surface area contributed by atoms with Crippen LogP contribution in [0.4, 0.5) is 5.00 Å². The summed E-state index contributed by atoms with van der Waals surface area (Å²) in [6, 6.07) is 9.59. The van der Waals surface area contributed by atoms with E-state index in [9.17, 15) is 14.7 Å². The predicted molar refractivity (Wildman–Crippen MR) is 79.8 cm³/mol. The topological polar surface area (TPSA) is 79.3 Å². The molecular formula is C15H14N2O3S. The fourth-order valence-corrected chi connectivity index (χ4v) is 3.24. The first-order valence-corrected chi connectivity index (χ1v) is 7.38. The molecule has 0 unspecified atom stereocenters. The summed E-state index contributed by atoms with van der Waals surface area (Å²) in [4.78, 5) is 23.8. The lowest BCUT2D eigenvalue weighted by Crippen LogP contribution is -2.28. The Kier molecular flexibility index (Phi) is 3.25. The molecule has 21 heavy (non-hydrogen) atoms. The van der Waals surface area contributed by atoms with Crippen LogP contribution in [0, 0.1) is 6.92 Å². The Bertz CT molecular complexity index is 705. The van der Waals surface area contributed by atoms with Crippen LogP contribution in [-0.2, 0) is 10.2 Å². The summed E-state index contributed by atoms with van der Waals surface area (Å²) in [7, 11) is 0. The molecule has 1 aromatic carbocycles. The predicted octanol–water partition coefficient (Wildman–Crippen LogP) is 2.82. The Balaban J connectivity index is 1.87. The highest BCUT2D eigenvalue weighted by atomic mass is 32.1. The number of nitrogens with one attached hydrogen (secondary N) is 1. The number of carboxylic acids is 1. The zero-order valence-electron chi connectivity index (χ0n) is 11.4. The molecule has 1 aromatic heterocycles.